The first-order valence-corrected chi connectivity index (χ1v) is 8.22. The molecule has 8 nitrogen and oxygen atoms in total. The van der Waals surface area contributed by atoms with E-state index in [2.05, 4.69) is 20.6 Å². The molecule has 8 heteroatoms. The van der Waals surface area contributed by atoms with Gasteiger partial charge < -0.3 is 19.3 Å². The van der Waals surface area contributed by atoms with Crippen molar-refractivity contribution < 1.29 is 9.05 Å². The number of aryl methyl sites for hydroxylation is 5. The van der Waals surface area contributed by atoms with Crippen molar-refractivity contribution in [2.24, 2.45) is 7.05 Å². The minimum absolute atomic E-state index is 0.183. The summed E-state index contributed by atoms with van der Waals surface area (Å²) in [5.74, 6) is 1.40. The van der Waals surface area contributed by atoms with E-state index in [1.807, 2.05) is 39.8 Å². The molecular weight excluding hydrogens is 334 g/mol. The van der Waals surface area contributed by atoms with Crippen LogP contribution in [0.15, 0.2) is 26.0 Å². The smallest absolute Gasteiger partial charge is 0.326 e. The van der Waals surface area contributed by atoms with Crippen LogP contribution < -0.4 is 11.0 Å². The van der Waals surface area contributed by atoms with Crippen molar-refractivity contribution in [2.75, 3.05) is 5.32 Å². The monoisotopic (exact) mass is 353 g/mol. The van der Waals surface area contributed by atoms with Gasteiger partial charge in [0.05, 0.1) is 22.4 Å². The summed E-state index contributed by atoms with van der Waals surface area (Å²) in [6.45, 7) is 7.47. The number of hydrogen-bond donors (Lipinski definition) is 2. The number of rotatable bonds is 3. The van der Waals surface area contributed by atoms with Crippen LogP contribution >= 0.6 is 0 Å². The van der Waals surface area contributed by atoms with E-state index in [0.717, 1.165) is 50.7 Å². The molecule has 0 radical (unpaired) electrons. The number of imidazole rings is 1. The fourth-order valence-electron chi connectivity index (χ4n) is 3.32. The summed E-state index contributed by atoms with van der Waals surface area (Å²) in [6, 6.07) is 3.91. The van der Waals surface area contributed by atoms with Crippen LogP contribution in [0.5, 0.6) is 0 Å². The lowest BCUT2D eigenvalue weighted by atomic mass is 10.0. The lowest BCUT2D eigenvalue weighted by molar-refractivity contribution is 0.393. The Morgan fingerprint density at radius 1 is 1.04 bits per heavy atom. The quantitative estimate of drug-likeness (QED) is 0.584. The second kappa shape index (κ2) is 5.62. The maximum absolute atomic E-state index is 12.2. The van der Waals surface area contributed by atoms with Gasteiger partial charge in [-0.1, -0.05) is 10.3 Å². The minimum Gasteiger partial charge on any atom is -0.361 e. The molecule has 0 unspecified atom stereocenters. The molecule has 4 rings (SSSR count). The number of nitrogens with one attached hydrogen (secondary N) is 2. The van der Waals surface area contributed by atoms with Crippen molar-refractivity contribution in [3.8, 4) is 11.1 Å². The fraction of sp³-hybridized carbons (Fsp3) is 0.278. The Morgan fingerprint density at radius 3 is 2.35 bits per heavy atom. The van der Waals surface area contributed by atoms with Crippen LogP contribution in [-0.2, 0) is 7.05 Å². The molecule has 0 amide bonds. The summed E-state index contributed by atoms with van der Waals surface area (Å²) in [7, 11) is 1.73. The lowest BCUT2D eigenvalue weighted by Gasteiger charge is -2.11. The van der Waals surface area contributed by atoms with Crippen molar-refractivity contribution in [1.82, 2.24) is 19.9 Å². The summed E-state index contributed by atoms with van der Waals surface area (Å²) < 4.78 is 12.1. The second-order valence-corrected chi connectivity index (χ2v) is 6.43. The third-order valence-electron chi connectivity index (χ3n) is 4.61. The Labute approximate surface area is 148 Å². The number of aromatic nitrogens is 4. The van der Waals surface area contributed by atoms with Gasteiger partial charge in [-0.05, 0) is 45.4 Å². The van der Waals surface area contributed by atoms with Crippen molar-refractivity contribution in [1.29, 1.82) is 0 Å². The largest absolute Gasteiger partial charge is 0.361 e. The third-order valence-corrected chi connectivity index (χ3v) is 4.61. The van der Waals surface area contributed by atoms with E-state index >= 15 is 0 Å². The Kier molecular flexibility index (Phi) is 3.50. The van der Waals surface area contributed by atoms with E-state index in [9.17, 15) is 4.79 Å². The van der Waals surface area contributed by atoms with Gasteiger partial charge in [0.15, 0.2) is 5.76 Å². The topological polar surface area (TPSA) is 102 Å². The Morgan fingerprint density at radius 2 is 1.73 bits per heavy atom. The van der Waals surface area contributed by atoms with Crippen LogP contribution in [0.25, 0.3) is 22.2 Å². The molecule has 0 atom stereocenters. The fourth-order valence-corrected chi connectivity index (χ4v) is 3.32. The zero-order valence-corrected chi connectivity index (χ0v) is 15.2. The highest BCUT2D eigenvalue weighted by Gasteiger charge is 2.18. The molecule has 0 spiro atoms. The third kappa shape index (κ3) is 2.33. The zero-order chi connectivity index (χ0) is 18.6. The highest BCUT2D eigenvalue weighted by molar-refractivity contribution is 5.95. The summed E-state index contributed by atoms with van der Waals surface area (Å²) in [5, 5.41) is 11.4. The molecule has 3 heterocycles. The van der Waals surface area contributed by atoms with Gasteiger partial charge in [0.1, 0.15) is 17.1 Å². The molecule has 4 aromatic rings. The van der Waals surface area contributed by atoms with Crippen molar-refractivity contribution in [3.63, 3.8) is 0 Å². The van der Waals surface area contributed by atoms with Crippen LogP contribution in [0.1, 0.15) is 22.9 Å². The predicted molar refractivity (Wildman–Crippen MR) is 97.8 cm³/mol. The molecule has 0 aliphatic carbocycles. The van der Waals surface area contributed by atoms with E-state index in [-0.39, 0.29) is 5.69 Å². The van der Waals surface area contributed by atoms with E-state index in [1.165, 1.54) is 0 Å². The summed E-state index contributed by atoms with van der Waals surface area (Å²) in [6.07, 6.45) is 0. The summed E-state index contributed by atoms with van der Waals surface area (Å²) >= 11 is 0. The average molecular weight is 353 g/mol. The SMILES string of the molecule is Cc1noc(C)c1Nc1cc(-c2c(C)noc2C)cc2[nH]c(=O)n(C)c12. The summed E-state index contributed by atoms with van der Waals surface area (Å²) in [4.78, 5) is 15.1. The van der Waals surface area contributed by atoms with Gasteiger partial charge in [0, 0.05) is 12.6 Å². The van der Waals surface area contributed by atoms with Gasteiger partial charge in [0.25, 0.3) is 0 Å². The van der Waals surface area contributed by atoms with Crippen LogP contribution in [-0.4, -0.2) is 19.9 Å². The number of nitrogens with zero attached hydrogens (tertiary/aromatic N) is 3. The maximum atomic E-state index is 12.2. The van der Waals surface area contributed by atoms with Crippen molar-refractivity contribution in [3.05, 3.63) is 45.5 Å². The number of H-pyrrole nitrogens is 1. The molecule has 0 aliphatic heterocycles. The van der Waals surface area contributed by atoms with Crippen molar-refractivity contribution in [2.45, 2.75) is 27.7 Å². The van der Waals surface area contributed by atoms with E-state index < -0.39 is 0 Å². The number of benzene rings is 1. The first-order valence-electron chi connectivity index (χ1n) is 8.22. The molecule has 0 saturated heterocycles. The molecule has 1 aromatic carbocycles. The Hall–Kier alpha value is -3.29. The van der Waals surface area contributed by atoms with Crippen LogP contribution in [0.3, 0.4) is 0 Å². The molecule has 0 bridgehead atoms. The minimum atomic E-state index is -0.183. The van der Waals surface area contributed by atoms with Gasteiger partial charge in [-0.25, -0.2) is 4.79 Å². The molecule has 26 heavy (non-hydrogen) atoms. The molecule has 134 valence electrons. The molecule has 3 aromatic heterocycles. The van der Waals surface area contributed by atoms with Gasteiger partial charge in [-0.3, -0.25) is 4.57 Å². The molecule has 0 aliphatic rings. The standard InChI is InChI=1S/C18H19N5O3/c1-8-15(10(3)25-21-8)12-6-13(19-16-9(2)22-26-11(16)4)17-14(7-12)20-18(24)23(17)5/h6-7,19H,1-5H3,(H,20,24). The number of fused-ring (bicyclic) bond motifs is 1. The van der Waals surface area contributed by atoms with Crippen LogP contribution in [0, 0.1) is 27.7 Å². The molecule has 0 fully saturated rings. The number of aromatic amines is 1. The first kappa shape index (κ1) is 16.2. The highest BCUT2D eigenvalue weighted by atomic mass is 16.5. The average Bonchev–Trinajstić information content (AvgIpc) is 3.19. The molecule has 2 N–H and O–H groups in total. The van der Waals surface area contributed by atoms with Crippen molar-refractivity contribution >= 4 is 22.4 Å². The molecular formula is C18H19N5O3. The van der Waals surface area contributed by atoms with Gasteiger partial charge in [-0.2, -0.15) is 0 Å². The van der Waals surface area contributed by atoms with Gasteiger partial charge >= 0.3 is 5.69 Å². The zero-order valence-electron chi connectivity index (χ0n) is 15.2. The summed E-state index contributed by atoms with van der Waals surface area (Å²) in [5.41, 5.74) is 6.24. The number of hydrogen-bond acceptors (Lipinski definition) is 6. The highest BCUT2D eigenvalue weighted by Crippen LogP contribution is 2.35. The Balaban J connectivity index is 1.99. The van der Waals surface area contributed by atoms with E-state index in [1.54, 1.807) is 11.6 Å². The lowest BCUT2D eigenvalue weighted by Crippen LogP contribution is -2.12. The molecule has 0 saturated carbocycles. The first-order chi connectivity index (χ1) is 12.4. The normalized spacial score (nSPS) is 11.4. The van der Waals surface area contributed by atoms with E-state index in [4.69, 9.17) is 9.05 Å². The van der Waals surface area contributed by atoms with Gasteiger partial charge in [-0.15, -0.1) is 0 Å². The van der Waals surface area contributed by atoms with Crippen LogP contribution in [0.4, 0.5) is 11.4 Å². The predicted octanol–water partition coefficient (Wildman–Crippen LogP) is 3.49. The van der Waals surface area contributed by atoms with Crippen LogP contribution in [0.2, 0.25) is 0 Å². The number of anilines is 2. The maximum Gasteiger partial charge on any atom is 0.326 e. The Bertz CT molecular complexity index is 1150. The second-order valence-electron chi connectivity index (χ2n) is 6.43. The van der Waals surface area contributed by atoms with Gasteiger partial charge in [0.2, 0.25) is 0 Å². The van der Waals surface area contributed by atoms with E-state index in [0.29, 0.717) is 5.76 Å².